The third kappa shape index (κ3) is 4.89. The Balaban J connectivity index is 0.00000208. The van der Waals surface area contributed by atoms with Crippen LogP contribution in [0.4, 0.5) is 0 Å². The summed E-state index contributed by atoms with van der Waals surface area (Å²) in [5, 5.41) is 3.39. The molecule has 3 nitrogen and oxygen atoms in total. The lowest BCUT2D eigenvalue weighted by Crippen LogP contribution is -2.16. The Morgan fingerprint density at radius 2 is 1.58 bits per heavy atom. The van der Waals surface area contributed by atoms with Gasteiger partial charge in [-0.1, -0.05) is 36.4 Å². The van der Waals surface area contributed by atoms with Crippen LogP contribution >= 0.6 is 12.4 Å². The molecule has 0 spiro atoms. The molecule has 1 heterocycles. The Morgan fingerprint density at radius 3 is 2.21 bits per heavy atom. The van der Waals surface area contributed by atoms with Gasteiger partial charge in [0.1, 0.15) is 11.5 Å². The van der Waals surface area contributed by atoms with E-state index in [4.69, 9.17) is 9.47 Å². The molecule has 1 atom stereocenters. The highest BCUT2D eigenvalue weighted by Gasteiger charge is 2.15. The van der Waals surface area contributed by atoms with Crippen LogP contribution in [0, 0.1) is 5.92 Å². The normalized spacial score (nSPS) is 16.5. The maximum Gasteiger partial charge on any atom is 0.122 e. The molecule has 130 valence electrons. The Labute approximate surface area is 150 Å². The van der Waals surface area contributed by atoms with Crippen molar-refractivity contribution < 1.29 is 9.47 Å². The molecule has 0 radical (unpaired) electrons. The molecule has 1 aliphatic rings. The summed E-state index contributed by atoms with van der Waals surface area (Å²) in [7, 11) is 1.73. The Hall–Kier alpha value is -1.71. The SMILES string of the molecule is COc1ccccc1CCc1ccccc1OC[C@H]1CCNC1.Cl. The Bertz CT molecular complexity index is 627. The van der Waals surface area contributed by atoms with Gasteiger partial charge in [-0.15, -0.1) is 12.4 Å². The van der Waals surface area contributed by atoms with Crippen LogP contribution in [0.5, 0.6) is 11.5 Å². The van der Waals surface area contributed by atoms with Gasteiger partial charge >= 0.3 is 0 Å². The van der Waals surface area contributed by atoms with E-state index in [2.05, 4.69) is 41.7 Å². The van der Waals surface area contributed by atoms with Crippen molar-refractivity contribution in [2.24, 2.45) is 5.92 Å². The molecule has 4 heteroatoms. The van der Waals surface area contributed by atoms with Gasteiger partial charge in [0.2, 0.25) is 0 Å². The molecule has 0 unspecified atom stereocenters. The van der Waals surface area contributed by atoms with Gasteiger partial charge in [0.05, 0.1) is 13.7 Å². The summed E-state index contributed by atoms with van der Waals surface area (Å²) < 4.78 is 11.5. The van der Waals surface area contributed by atoms with Crippen LogP contribution in [0.15, 0.2) is 48.5 Å². The molecule has 0 aromatic heterocycles. The van der Waals surface area contributed by atoms with E-state index >= 15 is 0 Å². The van der Waals surface area contributed by atoms with Crippen LogP contribution < -0.4 is 14.8 Å². The minimum Gasteiger partial charge on any atom is -0.496 e. The standard InChI is InChI=1S/C20H25NO2.ClH/c1-22-19-8-4-2-6-17(19)10-11-18-7-3-5-9-20(18)23-15-16-12-13-21-14-16;/h2-9,16,21H,10-15H2,1H3;1H/t16-;/m0./s1. The minimum absolute atomic E-state index is 0. The van der Waals surface area contributed by atoms with Crippen molar-refractivity contribution in [2.75, 3.05) is 26.8 Å². The minimum atomic E-state index is 0. The molecule has 0 bridgehead atoms. The monoisotopic (exact) mass is 347 g/mol. The summed E-state index contributed by atoms with van der Waals surface area (Å²) in [6.45, 7) is 2.99. The number of methoxy groups -OCH3 is 1. The molecule has 24 heavy (non-hydrogen) atoms. The van der Waals surface area contributed by atoms with Crippen molar-refractivity contribution in [2.45, 2.75) is 19.3 Å². The highest BCUT2D eigenvalue weighted by molar-refractivity contribution is 5.85. The predicted octanol–water partition coefficient (Wildman–Crippen LogP) is 3.89. The van der Waals surface area contributed by atoms with Crippen molar-refractivity contribution in [3.8, 4) is 11.5 Å². The third-order valence-corrected chi connectivity index (χ3v) is 4.47. The van der Waals surface area contributed by atoms with Crippen molar-refractivity contribution in [1.29, 1.82) is 0 Å². The summed E-state index contributed by atoms with van der Waals surface area (Å²) >= 11 is 0. The first kappa shape index (κ1) is 18.6. The molecule has 1 saturated heterocycles. The van der Waals surface area contributed by atoms with E-state index in [0.29, 0.717) is 5.92 Å². The highest BCUT2D eigenvalue weighted by atomic mass is 35.5. The molecule has 2 aromatic rings. The van der Waals surface area contributed by atoms with Crippen LogP contribution in [0.1, 0.15) is 17.5 Å². The van der Waals surface area contributed by atoms with Gasteiger partial charge in [-0.05, 0) is 49.1 Å². The summed E-state index contributed by atoms with van der Waals surface area (Å²) in [5.74, 6) is 2.62. The number of hydrogen-bond donors (Lipinski definition) is 1. The molecular formula is C20H26ClNO2. The number of halogens is 1. The number of hydrogen-bond acceptors (Lipinski definition) is 3. The van der Waals surface area contributed by atoms with Crippen LogP contribution in [0.2, 0.25) is 0 Å². The number of para-hydroxylation sites is 2. The van der Waals surface area contributed by atoms with Gasteiger partial charge < -0.3 is 14.8 Å². The second-order valence-corrected chi connectivity index (χ2v) is 6.09. The van der Waals surface area contributed by atoms with Crippen molar-refractivity contribution in [3.63, 3.8) is 0 Å². The number of nitrogens with one attached hydrogen (secondary N) is 1. The Morgan fingerprint density at radius 1 is 0.958 bits per heavy atom. The average Bonchev–Trinajstić information content (AvgIpc) is 3.12. The fraction of sp³-hybridized carbons (Fsp3) is 0.400. The first-order chi connectivity index (χ1) is 11.4. The molecule has 0 saturated carbocycles. The van der Waals surface area contributed by atoms with Crippen LogP contribution in [-0.2, 0) is 12.8 Å². The van der Waals surface area contributed by atoms with Gasteiger partial charge in [0.25, 0.3) is 0 Å². The predicted molar refractivity (Wildman–Crippen MR) is 101 cm³/mol. The van der Waals surface area contributed by atoms with Crippen molar-refractivity contribution >= 4 is 12.4 Å². The number of benzene rings is 2. The number of ether oxygens (including phenoxy) is 2. The van der Waals surface area contributed by atoms with E-state index in [9.17, 15) is 0 Å². The van der Waals surface area contributed by atoms with Crippen LogP contribution in [0.3, 0.4) is 0 Å². The molecular weight excluding hydrogens is 322 g/mol. The van der Waals surface area contributed by atoms with Gasteiger partial charge in [0.15, 0.2) is 0 Å². The zero-order valence-electron chi connectivity index (χ0n) is 14.2. The van der Waals surface area contributed by atoms with Crippen molar-refractivity contribution in [1.82, 2.24) is 5.32 Å². The third-order valence-electron chi connectivity index (χ3n) is 4.47. The van der Waals surface area contributed by atoms with E-state index in [-0.39, 0.29) is 12.4 Å². The summed E-state index contributed by atoms with van der Waals surface area (Å²) in [6.07, 6.45) is 3.12. The molecule has 3 rings (SSSR count). The quantitative estimate of drug-likeness (QED) is 0.824. The summed E-state index contributed by atoms with van der Waals surface area (Å²) in [6, 6.07) is 16.6. The molecule has 0 amide bonds. The molecule has 1 aliphatic heterocycles. The fourth-order valence-corrected chi connectivity index (χ4v) is 3.09. The number of rotatable bonds is 7. The van der Waals surface area contributed by atoms with E-state index in [0.717, 1.165) is 44.0 Å². The average molecular weight is 348 g/mol. The topological polar surface area (TPSA) is 30.5 Å². The lowest BCUT2D eigenvalue weighted by Gasteiger charge is -2.15. The van der Waals surface area contributed by atoms with E-state index < -0.39 is 0 Å². The van der Waals surface area contributed by atoms with Gasteiger partial charge in [-0.2, -0.15) is 0 Å². The van der Waals surface area contributed by atoms with Gasteiger partial charge in [-0.3, -0.25) is 0 Å². The highest BCUT2D eigenvalue weighted by Crippen LogP contribution is 2.24. The van der Waals surface area contributed by atoms with E-state index in [1.165, 1.54) is 17.5 Å². The molecule has 1 fully saturated rings. The first-order valence-electron chi connectivity index (χ1n) is 8.40. The zero-order valence-corrected chi connectivity index (χ0v) is 15.0. The number of aryl methyl sites for hydroxylation is 2. The summed E-state index contributed by atoms with van der Waals surface area (Å²) in [5.41, 5.74) is 2.51. The van der Waals surface area contributed by atoms with Gasteiger partial charge in [0, 0.05) is 12.5 Å². The summed E-state index contributed by atoms with van der Waals surface area (Å²) in [4.78, 5) is 0. The van der Waals surface area contributed by atoms with E-state index in [1.54, 1.807) is 7.11 Å². The molecule has 1 N–H and O–H groups in total. The second-order valence-electron chi connectivity index (χ2n) is 6.09. The molecule has 2 aromatic carbocycles. The maximum absolute atomic E-state index is 6.09. The van der Waals surface area contributed by atoms with Gasteiger partial charge in [-0.25, -0.2) is 0 Å². The molecule has 0 aliphatic carbocycles. The first-order valence-corrected chi connectivity index (χ1v) is 8.40. The fourth-order valence-electron chi connectivity index (χ4n) is 3.09. The van der Waals surface area contributed by atoms with Crippen molar-refractivity contribution in [3.05, 3.63) is 59.7 Å². The lowest BCUT2D eigenvalue weighted by molar-refractivity contribution is 0.258. The van der Waals surface area contributed by atoms with Crippen LogP contribution in [0.25, 0.3) is 0 Å². The zero-order chi connectivity index (χ0) is 15.9. The lowest BCUT2D eigenvalue weighted by atomic mass is 10.0. The Kier molecular flexibility index (Phi) is 7.41. The van der Waals surface area contributed by atoms with E-state index in [1.807, 2.05) is 12.1 Å². The van der Waals surface area contributed by atoms with Crippen LogP contribution in [-0.4, -0.2) is 26.8 Å². The smallest absolute Gasteiger partial charge is 0.122 e. The maximum atomic E-state index is 6.09. The second kappa shape index (κ2) is 9.55. The largest absolute Gasteiger partial charge is 0.496 e.